The van der Waals surface area contributed by atoms with Crippen molar-refractivity contribution in [3.63, 3.8) is 0 Å². The Morgan fingerprint density at radius 3 is 3.00 bits per heavy atom. The fourth-order valence-corrected chi connectivity index (χ4v) is 2.58. The summed E-state index contributed by atoms with van der Waals surface area (Å²) >= 11 is 0. The van der Waals surface area contributed by atoms with Crippen LogP contribution in [0.2, 0.25) is 0 Å². The molecule has 7 heteroatoms. The van der Waals surface area contributed by atoms with Gasteiger partial charge in [0, 0.05) is 31.5 Å². The third kappa shape index (κ3) is 2.61. The van der Waals surface area contributed by atoms with Crippen molar-refractivity contribution in [2.45, 2.75) is 39.3 Å². The van der Waals surface area contributed by atoms with E-state index in [1.165, 1.54) is 0 Å². The van der Waals surface area contributed by atoms with E-state index in [1.807, 2.05) is 6.92 Å². The van der Waals surface area contributed by atoms with Gasteiger partial charge in [0.15, 0.2) is 5.82 Å². The first-order chi connectivity index (χ1) is 10.2. The SMILES string of the molecule is CCc1noc([C@@H](C)N2CCc3ncnc(OC)c3C2)n1. The second-order valence-electron chi connectivity index (χ2n) is 5.11. The summed E-state index contributed by atoms with van der Waals surface area (Å²) in [6.07, 6.45) is 3.20. The topological polar surface area (TPSA) is 77.2 Å². The second-order valence-corrected chi connectivity index (χ2v) is 5.11. The minimum absolute atomic E-state index is 0.0656. The first-order valence-electron chi connectivity index (χ1n) is 7.16. The van der Waals surface area contributed by atoms with Crippen LogP contribution in [0.15, 0.2) is 10.9 Å². The second kappa shape index (κ2) is 5.77. The zero-order valence-corrected chi connectivity index (χ0v) is 12.5. The molecule has 0 aliphatic carbocycles. The van der Waals surface area contributed by atoms with Gasteiger partial charge in [-0.2, -0.15) is 4.98 Å². The van der Waals surface area contributed by atoms with Crippen LogP contribution in [0.3, 0.4) is 0 Å². The quantitative estimate of drug-likeness (QED) is 0.845. The van der Waals surface area contributed by atoms with Crippen molar-refractivity contribution in [3.05, 3.63) is 29.3 Å². The highest BCUT2D eigenvalue weighted by molar-refractivity contribution is 5.31. The fraction of sp³-hybridized carbons (Fsp3) is 0.571. The zero-order valence-electron chi connectivity index (χ0n) is 12.5. The van der Waals surface area contributed by atoms with Crippen molar-refractivity contribution in [2.75, 3.05) is 13.7 Å². The van der Waals surface area contributed by atoms with E-state index in [-0.39, 0.29) is 6.04 Å². The molecule has 0 N–H and O–H groups in total. The maximum absolute atomic E-state index is 5.35. The lowest BCUT2D eigenvalue weighted by Gasteiger charge is -2.31. The van der Waals surface area contributed by atoms with Gasteiger partial charge in [0.25, 0.3) is 0 Å². The molecule has 2 aromatic rings. The van der Waals surface area contributed by atoms with Gasteiger partial charge in [0.05, 0.1) is 18.8 Å². The molecule has 0 saturated carbocycles. The number of aryl methyl sites for hydroxylation is 1. The maximum atomic E-state index is 5.35. The smallest absolute Gasteiger partial charge is 0.243 e. The Balaban J connectivity index is 1.82. The van der Waals surface area contributed by atoms with Crippen molar-refractivity contribution >= 4 is 0 Å². The van der Waals surface area contributed by atoms with Crippen LogP contribution in [-0.4, -0.2) is 38.7 Å². The van der Waals surface area contributed by atoms with E-state index in [2.05, 4.69) is 31.9 Å². The van der Waals surface area contributed by atoms with Crippen LogP contribution in [0.4, 0.5) is 0 Å². The van der Waals surface area contributed by atoms with Gasteiger partial charge in [-0.1, -0.05) is 12.1 Å². The lowest BCUT2D eigenvalue weighted by atomic mass is 10.0. The van der Waals surface area contributed by atoms with Crippen LogP contribution in [-0.2, 0) is 19.4 Å². The number of nitrogens with zero attached hydrogens (tertiary/aromatic N) is 5. The minimum atomic E-state index is 0.0656. The number of fused-ring (bicyclic) bond motifs is 1. The summed E-state index contributed by atoms with van der Waals surface area (Å²) in [6.45, 7) is 5.72. The molecule has 112 valence electrons. The highest BCUT2D eigenvalue weighted by atomic mass is 16.5. The molecular formula is C14H19N5O2. The van der Waals surface area contributed by atoms with Crippen molar-refractivity contribution in [2.24, 2.45) is 0 Å². The van der Waals surface area contributed by atoms with Gasteiger partial charge in [0.1, 0.15) is 6.33 Å². The lowest BCUT2D eigenvalue weighted by Crippen LogP contribution is -2.34. The normalized spacial score (nSPS) is 16.5. The molecule has 3 rings (SSSR count). The number of hydrogen-bond donors (Lipinski definition) is 0. The molecular weight excluding hydrogens is 270 g/mol. The summed E-state index contributed by atoms with van der Waals surface area (Å²) in [4.78, 5) is 15.2. The van der Waals surface area contributed by atoms with Gasteiger partial charge in [0.2, 0.25) is 11.8 Å². The highest BCUT2D eigenvalue weighted by Crippen LogP contribution is 2.29. The fourth-order valence-electron chi connectivity index (χ4n) is 2.58. The van der Waals surface area contributed by atoms with Gasteiger partial charge < -0.3 is 9.26 Å². The molecule has 0 fully saturated rings. The van der Waals surface area contributed by atoms with Crippen molar-refractivity contribution in [1.82, 2.24) is 25.0 Å². The molecule has 1 aliphatic rings. The van der Waals surface area contributed by atoms with Crippen molar-refractivity contribution in [1.29, 1.82) is 0 Å². The molecule has 1 aliphatic heterocycles. The molecule has 0 aromatic carbocycles. The Kier molecular flexibility index (Phi) is 3.83. The van der Waals surface area contributed by atoms with E-state index in [1.54, 1.807) is 13.4 Å². The van der Waals surface area contributed by atoms with Crippen LogP contribution in [0.1, 0.15) is 42.9 Å². The largest absolute Gasteiger partial charge is 0.481 e. The van der Waals surface area contributed by atoms with E-state index in [0.29, 0.717) is 11.8 Å². The Bertz CT molecular complexity index is 613. The number of aromatic nitrogens is 4. The van der Waals surface area contributed by atoms with E-state index in [9.17, 15) is 0 Å². The maximum Gasteiger partial charge on any atom is 0.243 e. The first-order valence-corrected chi connectivity index (χ1v) is 7.16. The van der Waals surface area contributed by atoms with Crippen LogP contribution in [0.5, 0.6) is 5.88 Å². The predicted molar refractivity (Wildman–Crippen MR) is 74.8 cm³/mol. The summed E-state index contributed by atoms with van der Waals surface area (Å²) < 4.78 is 10.7. The monoisotopic (exact) mass is 289 g/mol. The molecule has 1 atom stereocenters. The summed E-state index contributed by atoms with van der Waals surface area (Å²) in [5.41, 5.74) is 2.11. The molecule has 21 heavy (non-hydrogen) atoms. The standard InChI is InChI=1S/C14H19N5O2/c1-4-12-17-13(21-18-12)9(2)19-6-5-11-10(7-19)14(20-3)16-8-15-11/h8-9H,4-7H2,1-3H3/t9-/m1/s1. The predicted octanol–water partition coefficient (Wildman–Crippen LogP) is 1.55. The average Bonchev–Trinajstić information content (AvgIpc) is 3.02. The van der Waals surface area contributed by atoms with Crippen LogP contribution in [0.25, 0.3) is 0 Å². The lowest BCUT2D eigenvalue weighted by molar-refractivity contribution is 0.154. The van der Waals surface area contributed by atoms with E-state index >= 15 is 0 Å². The molecule has 0 unspecified atom stereocenters. The molecule has 0 spiro atoms. The molecule has 0 amide bonds. The third-order valence-electron chi connectivity index (χ3n) is 3.89. The van der Waals surface area contributed by atoms with Crippen molar-refractivity contribution in [3.8, 4) is 5.88 Å². The molecule has 2 aromatic heterocycles. The molecule has 0 bridgehead atoms. The Labute approximate surface area is 123 Å². The Hall–Kier alpha value is -2.02. The van der Waals surface area contributed by atoms with Gasteiger partial charge in [-0.3, -0.25) is 4.90 Å². The summed E-state index contributed by atoms with van der Waals surface area (Å²) in [5, 5.41) is 3.97. The van der Waals surface area contributed by atoms with E-state index in [0.717, 1.165) is 43.0 Å². The van der Waals surface area contributed by atoms with Gasteiger partial charge >= 0.3 is 0 Å². The summed E-state index contributed by atoms with van der Waals surface area (Å²) in [6, 6.07) is 0.0656. The van der Waals surface area contributed by atoms with E-state index in [4.69, 9.17) is 9.26 Å². The molecule has 0 radical (unpaired) electrons. The summed E-state index contributed by atoms with van der Waals surface area (Å²) in [7, 11) is 1.64. The van der Waals surface area contributed by atoms with Crippen LogP contribution in [0, 0.1) is 0 Å². The number of rotatable bonds is 4. The zero-order chi connectivity index (χ0) is 14.8. The third-order valence-corrected chi connectivity index (χ3v) is 3.89. The molecule has 0 saturated heterocycles. The number of methoxy groups -OCH3 is 1. The van der Waals surface area contributed by atoms with Crippen LogP contribution >= 0.6 is 0 Å². The molecule has 7 nitrogen and oxygen atoms in total. The molecule has 3 heterocycles. The Morgan fingerprint density at radius 1 is 1.43 bits per heavy atom. The number of ether oxygens (including phenoxy) is 1. The highest BCUT2D eigenvalue weighted by Gasteiger charge is 2.28. The summed E-state index contributed by atoms with van der Waals surface area (Å²) in [5.74, 6) is 2.05. The minimum Gasteiger partial charge on any atom is -0.481 e. The number of hydrogen-bond acceptors (Lipinski definition) is 7. The van der Waals surface area contributed by atoms with E-state index < -0.39 is 0 Å². The average molecular weight is 289 g/mol. The van der Waals surface area contributed by atoms with Crippen LogP contribution < -0.4 is 4.74 Å². The first kappa shape index (κ1) is 13.9. The van der Waals surface area contributed by atoms with Gasteiger partial charge in [-0.05, 0) is 6.92 Å². The Morgan fingerprint density at radius 2 is 2.29 bits per heavy atom. The van der Waals surface area contributed by atoms with Gasteiger partial charge in [-0.25, -0.2) is 9.97 Å². The van der Waals surface area contributed by atoms with Crippen molar-refractivity contribution < 1.29 is 9.26 Å². The van der Waals surface area contributed by atoms with Gasteiger partial charge in [-0.15, -0.1) is 0 Å².